The molecule has 0 aliphatic carbocycles. The minimum atomic E-state index is 0.584. The summed E-state index contributed by atoms with van der Waals surface area (Å²) in [6.07, 6.45) is 0. The Labute approximate surface area is 89.2 Å². The monoisotopic (exact) mass is 230 g/mol. The van der Waals surface area contributed by atoms with Crippen LogP contribution < -0.4 is 0 Å². The number of hydrogen-bond donors (Lipinski definition) is 0. The molecule has 0 saturated heterocycles. The van der Waals surface area contributed by atoms with Crippen molar-refractivity contribution in [1.29, 1.82) is 0 Å². The molecule has 0 fully saturated rings. The predicted molar refractivity (Wildman–Crippen MR) is 57.7 cm³/mol. The van der Waals surface area contributed by atoms with Gasteiger partial charge in [0.25, 0.3) is 0 Å². The first kappa shape index (κ1) is 9.12. The first-order valence-corrected chi connectivity index (χ1v) is 5.79. The minimum Gasteiger partial charge on any atom is -0.246 e. The minimum absolute atomic E-state index is 0.584. The Bertz CT molecular complexity index is 433. The SMILES string of the molecule is Cc1nc(C)c(-c2csc(Cl)n2)s1. The Morgan fingerprint density at radius 2 is 2.08 bits per heavy atom. The molecule has 0 radical (unpaired) electrons. The molecule has 0 aliphatic rings. The van der Waals surface area contributed by atoms with Crippen molar-refractivity contribution >= 4 is 34.3 Å². The Morgan fingerprint density at radius 1 is 1.31 bits per heavy atom. The van der Waals surface area contributed by atoms with Gasteiger partial charge in [-0.25, -0.2) is 9.97 Å². The van der Waals surface area contributed by atoms with Gasteiger partial charge in [0.2, 0.25) is 0 Å². The van der Waals surface area contributed by atoms with Crippen molar-refractivity contribution in [2.45, 2.75) is 13.8 Å². The smallest absolute Gasteiger partial charge is 0.184 e. The summed E-state index contributed by atoms with van der Waals surface area (Å²) < 4.78 is 0.584. The number of thiazole rings is 2. The number of aromatic nitrogens is 2. The van der Waals surface area contributed by atoms with Gasteiger partial charge in [-0.2, -0.15) is 0 Å². The highest BCUT2D eigenvalue weighted by molar-refractivity contribution is 7.16. The van der Waals surface area contributed by atoms with E-state index < -0.39 is 0 Å². The molecule has 2 nitrogen and oxygen atoms in total. The summed E-state index contributed by atoms with van der Waals surface area (Å²) in [5.41, 5.74) is 1.97. The lowest BCUT2D eigenvalue weighted by atomic mass is 10.3. The molecule has 68 valence electrons. The van der Waals surface area contributed by atoms with Gasteiger partial charge in [-0.05, 0) is 13.8 Å². The molecule has 5 heteroatoms. The quantitative estimate of drug-likeness (QED) is 0.749. The summed E-state index contributed by atoms with van der Waals surface area (Å²) >= 11 is 8.87. The third-order valence-corrected chi connectivity index (χ3v) is 3.69. The molecule has 0 aliphatic heterocycles. The molecule has 0 spiro atoms. The molecule has 0 amide bonds. The molecule has 0 unspecified atom stereocenters. The summed E-state index contributed by atoms with van der Waals surface area (Å²) in [4.78, 5) is 9.67. The summed E-state index contributed by atoms with van der Waals surface area (Å²) in [5.74, 6) is 0. The number of rotatable bonds is 1. The van der Waals surface area contributed by atoms with E-state index in [0.717, 1.165) is 21.3 Å². The van der Waals surface area contributed by atoms with Crippen LogP contribution in [0.5, 0.6) is 0 Å². The maximum atomic E-state index is 5.76. The van der Waals surface area contributed by atoms with E-state index in [1.165, 1.54) is 11.3 Å². The van der Waals surface area contributed by atoms with Gasteiger partial charge in [-0.15, -0.1) is 22.7 Å². The van der Waals surface area contributed by atoms with Crippen molar-refractivity contribution in [3.63, 3.8) is 0 Å². The number of nitrogens with zero attached hydrogens (tertiary/aromatic N) is 2. The van der Waals surface area contributed by atoms with Gasteiger partial charge in [-0.3, -0.25) is 0 Å². The van der Waals surface area contributed by atoms with Crippen molar-refractivity contribution in [2.24, 2.45) is 0 Å². The normalized spacial score (nSPS) is 10.7. The fourth-order valence-corrected chi connectivity index (χ4v) is 2.84. The van der Waals surface area contributed by atoms with Gasteiger partial charge in [0.05, 0.1) is 21.3 Å². The van der Waals surface area contributed by atoms with Crippen LogP contribution in [0.2, 0.25) is 4.47 Å². The first-order chi connectivity index (χ1) is 6.16. The fraction of sp³-hybridized carbons (Fsp3) is 0.250. The largest absolute Gasteiger partial charge is 0.246 e. The summed E-state index contributed by atoms with van der Waals surface area (Å²) in [7, 11) is 0. The Morgan fingerprint density at radius 3 is 2.54 bits per heavy atom. The molecule has 0 atom stereocenters. The lowest BCUT2D eigenvalue weighted by Crippen LogP contribution is -1.76. The maximum absolute atomic E-state index is 5.76. The fourth-order valence-electron chi connectivity index (χ4n) is 1.13. The van der Waals surface area contributed by atoms with E-state index in [4.69, 9.17) is 11.6 Å². The molecular weight excluding hydrogens is 224 g/mol. The Hall–Kier alpha value is -0.450. The third kappa shape index (κ3) is 1.75. The highest BCUT2D eigenvalue weighted by Gasteiger charge is 2.10. The second-order valence-electron chi connectivity index (χ2n) is 2.63. The van der Waals surface area contributed by atoms with E-state index in [1.807, 2.05) is 19.2 Å². The highest BCUT2D eigenvalue weighted by atomic mass is 35.5. The first-order valence-electron chi connectivity index (χ1n) is 3.72. The number of aryl methyl sites for hydroxylation is 2. The zero-order valence-corrected chi connectivity index (χ0v) is 9.56. The zero-order valence-electron chi connectivity index (χ0n) is 7.17. The van der Waals surface area contributed by atoms with Crippen LogP contribution in [0.1, 0.15) is 10.7 Å². The van der Waals surface area contributed by atoms with E-state index in [2.05, 4.69) is 9.97 Å². The van der Waals surface area contributed by atoms with Gasteiger partial charge in [0.1, 0.15) is 0 Å². The molecule has 0 saturated carbocycles. The molecule has 2 rings (SSSR count). The van der Waals surface area contributed by atoms with E-state index in [-0.39, 0.29) is 0 Å². The van der Waals surface area contributed by atoms with Crippen molar-refractivity contribution in [1.82, 2.24) is 9.97 Å². The molecule has 0 aromatic carbocycles. The predicted octanol–water partition coefficient (Wildman–Crippen LogP) is 3.54. The van der Waals surface area contributed by atoms with Crippen LogP contribution in [0.15, 0.2) is 5.38 Å². The van der Waals surface area contributed by atoms with Gasteiger partial charge in [-0.1, -0.05) is 11.6 Å². The second kappa shape index (κ2) is 3.36. The summed E-state index contributed by atoms with van der Waals surface area (Å²) in [6, 6.07) is 0. The third-order valence-electron chi connectivity index (χ3n) is 1.61. The molecule has 2 heterocycles. The van der Waals surface area contributed by atoms with Gasteiger partial charge in [0, 0.05) is 5.38 Å². The number of halogens is 1. The van der Waals surface area contributed by atoms with Gasteiger partial charge in [0.15, 0.2) is 4.47 Å². The van der Waals surface area contributed by atoms with Crippen LogP contribution in [0, 0.1) is 13.8 Å². The lowest BCUT2D eigenvalue weighted by molar-refractivity contribution is 1.20. The lowest BCUT2D eigenvalue weighted by Gasteiger charge is -1.89. The molecule has 0 N–H and O–H groups in total. The van der Waals surface area contributed by atoms with E-state index >= 15 is 0 Å². The standard InChI is InChI=1S/C8H7ClN2S2/c1-4-7(13-5(2)10-4)6-3-12-8(9)11-6/h3H,1-2H3. The average Bonchev–Trinajstić information content (AvgIpc) is 2.58. The van der Waals surface area contributed by atoms with E-state index in [0.29, 0.717) is 4.47 Å². The highest BCUT2D eigenvalue weighted by Crippen LogP contribution is 2.31. The topological polar surface area (TPSA) is 25.8 Å². The zero-order chi connectivity index (χ0) is 9.42. The van der Waals surface area contributed by atoms with Gasteiger partial charge < -0.3 is 0 Å². The maximum Gasteiger partial charge on any atom is 0.184 e. The van der Waals surface area contributed by atoms with Gasteiger partial charge >= 0.3 is 0 Å². The molecular formula is C8H7ClN2S2. The number of hydrogen-bond acceptors (Lipinski definition) is 4. The Kier molecular flexibility index (Phi) is 2.36. The molecule has 2 aromatic heterocycles. The van der Waals surface area contributed by atoms with Crippen LogP contribution in [-0.4, -0.2) is 9.97 Å². The average molecular weight is 231 g/mol. The van der Waals surface area contributed by atoms with E-state index in [9.17, 15) is 0 Å². The molecule has 13 heavy (non-hydrogen) atoms. The van der Waals surface area contributed by atoms with Crippen LogP contribution >= 0.6 is 34.3 Å². The van der Waals surface area contributed by atoms with Crippen molar-refractivity contribution in [3.8, 4) is 10.6 Å². The van der Waals surface area contributed by atoms with E-state index in [1.54, 1.807) is 11.3 Å². The van der Waals surface area contributed by atoms with Crippen molar-refractivity contribution in [2.75, 3.05) is 0 Å². The Balaban J connectivity index is 2.51. The summed E-state index contributed by atoms with van der Waals surface area (Å²) in [5, 5.41) is 3.03. The van der Waals surface area contributed by atoms with Crippen molar-refractivity contribution in [3.05, 3.63) is 20.5 Å². The van der Waals surface area contributed by atoms with Crippen LogP contribution in [0.25, 0.3) is 10.6 Å². The second-order valence-corrected chi connectivity index (χ2v) is 5.28. The van der Waals surface area contributed by atoms with Crippen LogP contribution in [-0.2, 0) is 0 Å². The molecule has 0 bridgehead atoms. The van der Waals surface area contributed by atoms with Crippen LogP contribution in [0.4, 0.5) is 0 Å². The van der Waals surface area contributed by atoms with Crippen LogP contribution in [0.3, 0.4) is 0 Å². The van der Waals surface area contributed by atoms with Crippen molar-refractivity contribution < 1.29 is 0 Å². The molecule has 2 aromatic rings. The summed E-state index contributed by atoms with van der Waals surface area (Å²) in [6.45, 7) is 3.99.